The number of nitrogens with zero attached hydrogens (tertiary/aromatic N) is 4. The lowest BCUT2D eigenvalue weighted by Gasteiger charge is -2.17. The molecule has 2 heterocycles. The Morgan fingerprint density at radius 3 is 2.43 bits per heavy atom. The van der Waals surface area contributed by atoms with Crippen LogP contribution in [0.1, 0.15) is 11.1 Å². The molecule has 0 fully saturated rings. The smallest absolute Gasteiger partial charge is 0.159 e. The first-order valence-corrected chi connectivity index (χ1v) is 7.10. The van der Waals surface area contributed by atoms with Gasteiger partial charge in [-0.2, -0.15) is 0 Å². The number of hydrogen-bond acceptors (Lipinski definition) is 4. The predicted molar refractivity (Wildman–Crippen MR) is 80.9 cm³/mol. The minimum atomic E-state index is 0.692. The molecule has 1 aliphatic carbocycles. The Kier molecular flexibility index (Phi) is 2.89. The maximum Gasteiger partial charge on any atom is 0.159 e. The molecule has 102 valence electrons. The van der Waals surface area contributed by atoms with E-state index in [-0.39, 0.29) is 0 Å². The van der Waals surface area contributed by atoms with Crippen molar-refractivity contribution >= 4 is 11.6 Å². The van der Waals surface area contributed by atoms with Gasteiger partial charge >= 0.3 is 0 Å². The summed E-state index contributed by atoms with van der Waals surface area (Å²) in [5.41, 5.74) is 5.07. The molecule has 0 atom stereocenters. The van der Waals surface area contributed by atoms with E-state index >= 15 is 0 Å². The maximum atomic E-state index is 5.92. The van der Waals surface area contributed by atoms with Crippen LogP contribution in [-0.2, 0) is 12.8 Å². The number of aryl methyl sites for hydroxylation is 2. The fourth-order valence-corrected chi connectivity index (χ4v) is 2.68. The summed E-state index contributed by atoms with van der Waals surface area (Å²) in [5.74, 6) is 0.692. The highest BCUT2D eigenvalue weighted by Crippen LogP contribution is 2.30. The van der Waals surface area contributed by atoms with E-state index in [0.717, 1.165) is 40.9 Å². The van der Waals surface area contributed by atoms with Crippen molar-refractivity contribution in [2.45, 2.75) is 12.8 Å². The first-order valence-electron chi connectivity index (χ1n) is 6.72. The molecule has 0 N–H and O–H groups in total. The van der Waals surface area contributed by atoms with Crippen molar-refractivity contribution in [2.75, 3.05) is 0 Å². The first-order chi connectivity index (χ1) is 10.3. The number of aromatic nitrogens is 4. The summed E-state index contributed by atoms with van der Waals surface area (Å²) in [6, 6.07) is 7.53. The van der Waals surface area contributed by atoms with Crippen LogP contribution in [-0.4, -0.2) is 19.9 Å². The molecule has 0 saturated heterocycles. The number of halogens is 1. The molecule has 2 aromatic heterocycles. The molecule has 4 rings (SSSR count). The van der Waals surface area contributed by atoms with Gasteiger partial charge in [-0.15, -0.1) is 0 Å². The van der Waals surface area contributed by atoms with E-state index in [1.165, 1.54) is 0 Å². The molecule has 21 heavy (non-hydrogen) atoms. The minimum absolute atomic E-state index is 0.692. The van der Waals surface area contributed by atoms with Crippen molar-refractivity contribution in [3.63, 3.8) is 0 Å². The van der Waals surface area contributed by atoms with Crippen LogP contribution in [0.15, 0.2) is 43.0 Å². The summed E-state index contributed by atoms with van der Waals surface area (Å²) in [6.45, 7) is 0. The standard InChI is InChI=1S/C16H11ClN4/c17-13-5-3-10(4-6-13)16-19-8-12-2-1-11-7-18-9-20-14(11)15(12)21-16/h3-9H,1-2H2. The highest BCUT2D eigenvalue weighted by atomic mass is 35.5. The van der Waals surface area contributed by atoms with Gasteiger partial charge in [-0.05, 0) is 48.2 Å². The van der Waals surface area contributed by atoms with E-state index in [1.807, 2.05) is 36.7 Å². The van der Waals surface area contributed by atoms with Gasteiger partial charge in [0.15, 0.2) is 5.82 Å². The third-order valence-corrected chi connectivity index (χ3v) is 3.89. The van der Waals surface area contributed by atoms with E-state index in [1.54, 1.807) is 6.33 Å². The molecule has 1 aliphatic rings. The van der Waals surface area contributed by atoms with Crippen LogP contribution in [0.5, 0.6) is 0 Å². The Morgan fingerprint density at radius 2 is 1.62 bits per heavy atom. The summed E-state index contributed by atoms with van der Waals surface area (Å²) in [6.07, 6.45) is 7.20. The van der Waals surface area contributed by atoms with Gasteiger partial charge in [0.2, 0.25) is 0 Å². The third kappa shape index (κ3) is 2.17. The van der Waals surface area contributed by atoms with Gasteiger partial charge in [-0.3, -0.25) is 0 Å². The maximum absolute atomic E-state index is 5.92. The van der Waals surface area contributed by atoms with Crippen LogP contribution in [0.3, 0.4) is 0 Å². The molecular weight excluding hydrogens is 284 g/mol. The zero-order valence-electron chi connectivity index (χ0n) is 11.1. The largest absolute Gasteiger partial charge is 0.244 e. The van der Waals surface area contributed by atoms with Crippen molar-refractivity contribution in [1.82, 2.24) is 19.9 Å². The summed E-state index contributed by atoms with van der Waals surface area (Å²) in [7, 11) is 0. The van der Waals surface area contributed by atoms with Crippen LogP contribution in [0, 0.1) is 0 Å². The minimum Gasteiger partial charge on any atom is -0.244 e. The summed E-state index contributed by atoms with van der Waals surface area (Å²) in [4.78, 5) is 17.7. The van der Waals surface area contributed by atoms with Gasteiger partial charge in [0.1, 0.15) is 6.33 Å². The van der Waals surface area contributed by atoms with Crippen molar-refractivity contribution in [1.29, 1.82) is 0 Å². The van der Waals surface area contributed by atoms with Crippen LogP contribution >= 0.6 is 11.6 Å². The lowest BCUT2D eigenvalue weighted by Crippen LogP contribution is -2.09. The van der Waals surface area contributed by atoms with Crippen molar-refractivity contribution in [3.8, 4) is 22.8 Å². The number of benzene rings is 1. The van der Waals surface area contributed by atoms with Gasteiger partial charge in [0.05, 0.1) is 11.4 Å². The topological polar surface area (TPSA) is 51.6 Å². The molecule has 5 heteroatoms. The Labute approximate surface area is 126 Å². The molecule has 1 aromatic carbocycles. The van der Waals surface area contributed by atoms with Crippen molar-refractivity contribution in [3.05, 3.63) is 59.1 Å². The summed E-state index contributed by atoms with van der Waals surface area (Å²) >= 11 is 5.92. The summed E-state index contributed by atoms with van der Waals surface area (Å²) < 4.78 is 0. The second-order valence-corrected chi connectivity index (χ2v) is 5.41. The average molecular weight is 295 g/mol. The molecular formula is C16H11ClN4. The van der Waals surface area contributed by atoms with E-state index in [9.17, 15) is 0 Å². The van der Waals surface area contributed by atoms with Crippen molar-refractivity contribution in [2.24, 2.45) is 0 Å². The Balaban J connectivity index is 1.86. The van der Waals surface area contributed by atoms with Crippen molar-refractivity contribution < 1.29 is 0 Å². The fraction of sp³-hybridized carbons (Fsp3) is 0.125. The van der Waals surface area contributed by atoms with Crippen LogP contribution < -0.4 is 0 Å². The fourth-order valence-electron chi connectivity index (χ4n) is 2.56. The molecule has 0 bridgehead atoms. The van der Waals surface area contributed by atoms with E-state index in [0.29, 0.717) is 10.8 Å². The molecule has 0 saturated carbocycles. The van der Waals surface area contributed by atoms with Gasteiger partial charge in [0.25, 0.3) is 0 Å². The lowest BCUT2D eigenvalue weighted by atomic mass is 9.95. The average Bonchev–Trinajstić information content (AvgIpc) is 2.55. The molecule has 3 aromatic rings. The van der Waals surface area contributed by atoms with Gasteiger partial charge < -0.3 is 0 Å². The highest BCUT2D eigenvalue weighted by molar-refractivity contribution is 6.30. The number of hydrogen-bond donors (Lipinski definition) is 0. The van der Waals surface area contributed by atoms with Crippen LogP contribution in [0.2, 0.25) is 5.02 Å². The van der Waals surface area contributed by atoms with Gasteiger partial charge in [-0.1, -0.05) is 11.6 Å². The zero-order valence-corrected chi connectivity index (χ0v) is 11.9. The van der Waals surface area contributed by atoms with E-state index < -0.39 is 0 Å². The second kappa shape index (κ2) is 4.90. The van der Waals surface area contributed by atoms with Gasteiger partial charge in [-0.25, -0.2) is 19.9 Å². The Bertz CT molecular complexity index is 815. The molecule has 0 unspecified atom stereocenters. The predicted octanol–water partition coefficient (Wildman–Crippen LogP) is 3.35. The quantitative estimate of drug-likeness (QED) is 0.690. The highest BCUT2D eigenvalue weighted by Gasteiger charge is 2.20. The van der Waals surface area contributed by atoms with E-state index in [2.05, 4.69) is 15.0 Å². The molecule has 0 radical (unpaired) electrons. The third-order valence-electron chi connectivity index (χ3n) is 3.64. The number of rotatable bonds is 1. The Hall–Kier alpha value is -2.33. The van der Waals surface area contributed by atoms with Crippen LogP contribution in [0.4, 0.5) is 0 Å². The first kappa shape index (κ1) is 12.4. The Morgan fingerprint density at radius 1 is 0.857 bits per heavy atom. The normalized spacial score (nSPS) is 12.6. The lowest BCUT2D eigenvalue weighted by molar-refractivity contribution is 0.885. The summed E-state index contributed by atoms with van der Waals surface area (Å²) in [5, 5.41) is 0.704. The van der Waals surface area contributed by atoms with Crippen LogP contribution in [0.25, 0.3) is 22.8 Å². The van der Waals surface area contributed by atoms with E-state index in [4.69, 9.17) is 16.6 Å². The molecule has 4 nitrogen and oxygen atoms in total. The second-order valence-electron chi connectivity index (χ2n) is 4.97. The zero-order chi connectivity index (χ0) is 14.2. The SMILES string of the molecule is Clc1ccc(-c2ncc3c(n2)-c2ncncc2CC3)cc1. The molecule has 0 amide bonds. The molecule has 0 aliphatic heterocycles. The molecule has 0 spiro atoms. The monoisotopic (exact) mass is 294 g/mol. The van der Waals surface area contributed by atoms with Gasteiger partial charge in [0, 0.05) is 23.0 Å². The number of fused-ring (bicyclic) bond motifs is 3.